The van der Waals surface area contributed by atoms with E-state index in [0.717, 1.165) is 11.3 Å². The van der Waals surface area contributed by atoms with Gasteiger partial charge in [-0.2, -0.15) is 10.1 Å². The summed E-state index contributed by atoms with van der Waals surface area (Å²) in [7, 11) is 0. The van der Waals surface area contributed by atoms with E-state index in [1.807, 2.05) is 19.1 Å². The van der Waals surface area contributed by atoms with Gasteiger partial charge in [0.2, 0.25) is 5.95 Å². The van der Waals surface area contributed by atoms with Gasteiger partial charge in [-0.15, -0.1) is 5.10 Å². The number of aryl methyl sites for hydroxylation is 1. The summed E-state index contributed by atoms with van der Waals surface area (Å²) in [5.41, 5.74) is 2.48. The minimum Gasteiger partial charge on any atom is -0.339 e. The first kappa shape index (κ1) is 16.8. The number of halogens is 3. The van der Waals surface area contributed by atoms with Crippen LogP contribution in [0, 0.1) is 6.92 Å². The van der Waals surface area contributed by atoms with Crippen molar-refractivity contribution in [2.24, 2.45) is 0 Å². The Labute approximate surface area is 154 Å². The smallest absolute Gasteiger partial charge is 0.249 e. The van der Waals surface area contributed by atoms with Gasteiger partial charge in [0, 0.05) is 15.7 Å². The number of nitrogens with zero attached hydrogens (tertiary/aromatic N) is 3. The number of aromatic nitrogens is 3. The molecule has 0 bridgehead atoms. The lowest BCUT2D eigenvalue weighted by atomic mass is 10.2. The van der Waals surface area contributed by atoms with Gasteiger partial charge in [-0.1, -0.05) is 34.8 Å². The summed E-state index contributed by atoms with van der Waals surface area (Å²) in [4.78, 5) is 4.37. The molecule has 0 fully saturated rings. The molecule has 1 heterocycles. The van der Waals surface area contributed by atoms with Gasteiger partial charge < -0.3 is 10.6 Å². The average molecular weight is 381 g/mol. The number of rotatable bonds is 4. The Bertz CT molecular complexity index is 885. The van der Waals surface area contributed by atoms with E-state index in [1.54, 1.807) is 24.3 Å². The molecule has 0 saturated carbocycles. The Balaban J connectivity index is 1.82. The van der Waals surface area contributed by atoms with Crippen molar-refractivity contribution in [2.45, 2.75) is 6.92 Å². The fourth-order valence-electron chi connectivity index (χ4n) is 2.04. The maximum absolute atomic E-state index is 6.13. The molecular weight excluding hydrogens is 369 g/mol. The normalized spacial score (nSPS) is 10.5. The average Bonchev–Trinajstić information content (AvgIpc) is 2.54. The van der Waals surface area contributed by atoms with Gasteiger partial charge in [0.15, 0.2) is 5.82 Å². The standard InChI is InChI=1S/C16H12Cl3N5/c1-9-6-10(17)3-5-13(9)21-15-8-20-24-16(23-15)22-14-7-11(18)2-4-12(14)19/h2-8H,1H3,(H2,21,22,23,24). The summed E-state index contributed by atoms with van der Waals surface area (Å²) in [6, 6.07) is 10.6. The number of hydrogen-bond donors (Lipinski definition) is 2. The molecule has 8 heteroatoms. The molecule has 0 aliphatic carbocycles. The molecule has 0 unspecified atom stereocenters. The molecular formula is C16H12Cl3N5. The Morgan fingerprint density at radius 1 is 0.875 bits per heavy atom. The number of hydrogen-bond acceptors (Lipinski definition) is 5. The van der Waals surface area contributed by atoms with Crippen molar-refractivity contribution in [1.29, 1.82) is 0 Å². The van der Waals surface area contributed by atoms with Crippen LogP contribution in [0.15, 0.2) is 42.6 Å². The summed E-state index contributed by atoms with van der Waals surface area (Å²) in [6.07, 6.45) is 1.53. The third kappa shape index (κ3) is 4.06. The summed E-state index contributed by atoms with van der Waals surface area (Å²) in [5.74, 6) is 0.840. The van der Waals surface area contributed by atoms with Crippen molar-refractivity contribution >= 4 is 57.9 Å². The molecule has 122 valence electrons. The van der Waals surface area contributed by atoms with Crippen molar-refractivity contribution in [3.8, 4) is 0 Å². The van der Waals surface area contributed by atoms with E-state index in [4.69, 9.17) is 34.8 Å². The zero-order valence-corrected chi connectivity index (χ0v) is 14.8. The van der Waals surface area contributed by atoms with E-state index >= 15 is 0 Å². The predicted molar refractivity (Wildman–Crippen MR) is 99.0 cm³/mol. The molecule has 2 aromatic carbocycles. The van der Waals surface area contributed by atoms with Crippen LogP contribution in [0.25, 0.3) is 0 Å². The van der Waals surface area contributed by atoms with Crippen LogP contribution in [0.4, 0.5) is 23.1 Å². The predicted octanol–water partition coefficient (Wildman–Crippen LogP) is 5.63. The monoisotopic (exact) mass is 379 g/mol. The van der Waals surface area contributed by atoms with Crippen molar-refractivity contribution < 1.29 is 0 Å². The first-order valence-electron chi connectivity index (χ1n) is 6.96. The fourth-order valence-corrected chi connectivity index (χ4v) is 2.60. The summed E-state index contributed by atoms with van der Waals surface area (Å²) in [6.45, 7) is 1.95. The van der Waals surface area contributed by atoms with E-state index < -0.39 is 0 Å². The molecule has 0 aliphatic heterocycles. The van der Waals surface area contributed by atoms with Gasteiger partial charge in [-0.3, -0.25) is 0 Å². The zero-order valence-electron chi connectivity index (χ0n) is 12.5. The highest BCUT2D eigenvalue weighted by molar-refractivity contribution is 6.35. The molecule has 0 radical (unpaired) electrons. The van der Waals surface area contributed by atoms with Crippen LogP contribution in [0.2, 0.25) is 15.1 Å². The molecule has 1 aromatic heterocycles. The van der Waals surface area contributed by atoms with Crippen LogP contribution in [0.3, 0.4) is 0 Å². The van der Waals surface area contributed by atoms with Gasteiger partial charge in [-0.25, -0.2) is 0 Å². The van der Waals surface area contributed by atoms with Crippen LogP contribution in [0.5, 0.6) is 0 Å². The van der Waals surface area contributed by atoms with Crippen LogP contribution in [-0.2, 0) is 0 Å². The molecule has 0 spiro atoms. The Hall–Kier alpha value is -2.08. The highest BCUT2D eigenvalue weighted by Gasteiger charge is 2.07. The van der Waals surface area contributed by atoms with E-state index in [-0.39, 0.29) is 0 Å². The Morgan fingerprint density at radius 2 is 1.62 bits per heavy atom. The highest BCUT2D eigenvalue weighted by Crippen LogP contribution is 2.28. The lowest BCUT2D eigenvalue weighted by molar-refractivity contribution is 0.982. The SMILES string of the molecule is Cc1cc(Cl)ccc1Nc1cnnc(Nc2cc(Cl)ccc2Cl)n1. The molecule has 0 saturated heterocycles. The number of nitrogens with one attached hydrogen (secondary N) is 2. The van der Waals surface area contributed by atoms with E-state index in [1.165, 1.54) is 6.20 Å². The van der Waals surface area contributed by atoms with Gasteiger partial charge in [0.25, 0.3) is 0 Å². The van der Waals surface area contributed by atoms with Crippen molar-refractivity contribution in [3.63, 3.8) is 0 Å². The summed E-state index contributed by atoms with van der Waals surface area (Å²) in [5, 5.41) is 15.8. The van der Waals surface area contributed by atoms with Gasteiger partial charge >= 0.3 is 0 Å². The third-order valence-electron chi connectivity index (χ3n) is 3.18. The van der Waals surface area contributed by atoms with Crippen LogP contribution >= 0.6 is 34.8 Å². The largest absolute Gasteiger partial charge is 0.339 e. The maximum atomic E-state index is 6.13. The second-order valence-electron chi connectivity index (χ2n) is 5.00. The first-order chi connectivity index (χ1) is 11.5. The Kier molecular flexibility index (Phi) is 5.04. The molecule has 3 aromatic rings. The van der Waals surface area contributed by atoms with Crippen LogP contribution in [0.1, 0.15) is 5.56 Å². The van der Waals surface area contributed by atoms with Crippen molar-refractivity contribution in [1.82, 2.24) is 15.2 Å². The maximum Gasteiger partial charge on any atom is 0.249 e. The van der Waals surface area contributed by atoms with Crippen molar-refractivity contribution in [2.75, 3.05) is 10.6 Å². The summed E-state index contributed by atoms with van der Waals surface area (Å²) < 4.78 is 0. The molecule has 24 heavy (non-hydrogen) atoms. The second-order valence-corrected chi connectivity index (χ2v) is 6.28. The molecule has 0 atom stereocenters. The van der Waals surface area contributed by atoms with Gasteiger partial charge in [-0.05, 0) is 48.9 Å². The van der Waals surface area contributed by atoms with E-state index in [9.17, 15) is 0 Å². The van der Waals surface area contributed by atoms with Crippen molar-refractivity contribution in [3.05, 3.63) is 63.2 Å². The highest BCUT2D eigenvalue weighted by atomic mass is 35.5. The second kappa shape index (κ2) is 7.21. The number of benzene rings is 2. The summed E-state index contributed by atoms with van der Waals surface area (Å²) >= 11 is 18.1. The quantitative estimate of drug-likeness (QED) is 0.614. The lowest BCUT2D eigenvalue weighted by Gasteiger charge is -2.10. The minimum absolute atomic E-state index is 0.302. The third-order valence-corrected chi connectivity index (χ3v) is 3.98. The van der Waals surface area contributed by atoms with E-state index in [2.05, 4.69) is 25.8 Å². The topological polar surface area (TPSA) is 62.7 Å². The molecule has 3 rings (SSSR count). The fraction of sp³-hybridized carbons (Fsp3) is 0.0625. The molecule has 0 aliphatic rings. The molecule has 2 N–H and O–H groups in total. The Morgan fingerprint density at radius 3 is 2.42 bits per heavy atom. The first-order valence-corrected chi connectivity index (χ1v) is 8.09. The molecule has 5 nitrogen and oxygen atoms in total. The van der Waals surface area contributed by atoms with E-state index in [0.29, 0.717) is 32.5 Å². The van der Waals surface area contributed by atoms with Gasteiger partial charge in [0.05, 0.1) is 16.9 Å². The molecule has 0 amide bonds. The van der Waals surface area contributed by atoms with Crippen LogP contribution < -0.4 is 10.6 Å². The lowest BCUT2D eigenvalue weighted by Crippen LogP contribution is -2.03. The van der Waals surface area contributed by atoms with Gasteiger partial charge in [0.1, 0.15) is 0 Å². The number of anilines is 4. The van der Waals surface area contributed by atoms with Crippen LogP contribution in [-0.4, -0.2) is 15.2 Å². The minimum atomic E-state index is 0.302. The zero-order chi connectivity index (χ0) is 17.1.